The Kier molecular flexibility index (Phi) is 3.48. The number of benzene rings is 1. The van der Waals surface area contributed by atoms with Gasteiger partial charge in [0, 0.05) is 12.1 Å². The first-order chi connectivity index (χ1) is 10.2. The summed E-state index contributed by atoms with van der Waals surface area (Å²) in [4.78, 5) is 26.1. The number of carbonyl (C=O) groups excluding carboxylic acids is 2. The summed E-state index contributed by atoms with van der Waals surface area (Å²) in [5, 5.41) is 2.78. The summed E-state index contributed by atoms with van der Waals surface area (Å²) in [6.07, 6.45) is 1.56. The Morgan fingerprint density at radius 3 is 2.86 bits per heavy atom. The molecule has 0 saturated heterocycles. The third-order valence-corrected chi connectivity index (χ3v) is 3.71. The molecule has 0 bridgehead atoms. The van der Waals surface area contributed by atoms with Crippen LogP contribution in [0.25, 0.3) is 0 Å². The van der Waals surface area contributed by atoms with E-state index in [0.717, 1.165) is 5.56 Å². The number of hydrogen-bond donors (Lipinski definition) is 1. The smallest absolute Gasteiger partial charge is 0.255 e. The van der Waals surface area contributed by atoms with Gasteiger partial charge in [-0.25, -0.2) is 0 Å². The van der Waals surface area contributed by atoms with Crippen molar-refractivity contribution in [3.8, 4) is 0 Å². The average Bonchev–Trinajstić information content (AvgIpc) is 3.13. The number of furan rings is 1. The van der Waals surface area contributed by atoms with E-state index in [1.807, 2.05) is 18.2 Å². The third kappa shape index (κ3) is 2.54. The molecule has 0 fully saturated rings. The Morgan fingerprint density at radius 1 is 1.33 bits per heavy atom. The molecule has 1 aromatic carbocycles. The van der Waals surface area contributed by atoms with Crippen LogP contribution >= 0.6 is 0 Å². The van der Waals surface area contributed by atoms with E-state index in [9.17, 15) is 9.59 Å². The number of amides is 2. The molecule has 2 amide bonds. The highest BCUT2D eigenvalue weighted by atomic mass is 16.3. The summed E-state index contributed by atoms with van der Waals surface area (Å²) in [6, 6.07) is 10.5. The maximum Gasteiger partial charge on any atom is 0.255 e. The van der Waals surface area contributed by atoms with Crippen LogP contribution in [0.1, 0.15) is 28.6 Å². The van der Waals surface area contributed by atoms with Crippen molar-refractivity contribution in [2.45, 2.75) is 26.1 Å². The van der Waals surface area contributed by atoms with Gasteiger partial charge in [-0.15, -0.1) is 0 Å². The Morgan fingerprint density at radius 2 is 2.14 bits per heavy atom. The van der Waals surface area contributed by atoms with Gasteiger partial charge >= 0.3 is 0 Å². The van der Waals surface area contributed by atoms with E-state index in [-0.39, 0.29) is 11.8 Å². The maximum atomic E-state index is 12.3. The van der Waals surface area contributed by atoms with Crippen molar-refractivity contribution in [3.63, 3.8) is 0 Å². The van der Waals surface area contributed by atoms with Crippen LogP contribution in [0.3, 0.4) is 0 Å². The molecule has 1 aliphatic heterocycles. The summed E-state index contributed by atoms with van der Waals surface area (Å²) >= 11 is 0. The van der Waals surface area contributed by atoms with E-state index in [4.69, 9.17) is 4.42 Å². The SMILES string of the molecule is CC(C(=O)NCc1ccco1)N1Cc2ccccc2C1=O. The van der Waals surface area contributed by atoms with E-state index in [1.54, 1.807) is 36.3 Å². The number of fused-ring (bicyclic) bond motifs is 1. The van der Waals surface area contributed by atoms with E-state index >= 15 is 0 Å². The Labute approximate surface area is 122 Å². The normalized spacial score (nSPS) is 14.9. The van der Waals surface area contributed by atoms with E-state index in [2.05, 4.69) is 5.32 Å². The van der Waals surface area contributed by atoms with Crippen LogP contribution in [0, 0.1) is 0 Å². The molecule has 21 heavy (non-hydrogen) atoms. The molecule has 2 heterocycles. The Bertz CT molecular complexity index is 664. The molecule has 5 heteroatoms. The summed E-state index contributed by atoms with van der Waals surface area (Å²) < 4.78 is 5.17. The summed E-state index contributed by atoms with van der Waals surface area (Å²) in [6.45, 7) is 2.54. The van der Waals surface area contributed by atoms with Crippen LogP contribution in [0.15, 0.2) is 47.1 Å². The van der Waals surface area contributed by atoms with Gasteiger partial charge in [-0.1, -0.05) is 18.2 Å². The minimum Gasteiger partial charge on any atom is -0.467 e. The van der Waals surface area contributed by atoms with Crippen LogP contribution in [-0.4, -0.2) is 22.8 Å². The molecule has 108 valence electrons. The predicted molar refractivity (Wildman–Crippen MR) is 76.3 cm³/mol. The van der Waals surface area contributed by atoms with Gasteiger partial charge in [0.1, 0.15) is 11.8 Å². The molecule has 0 saturated carbocycles. The molecular formula is C16H16N2O3. The van der Waals surface area contributed by atoms with Gasteiger partial charge in [-0.05, 0) is 30.7 Å². The van der Waals surface area contributed by atoms with Crippen LogP contribution in [-0.2, 0) is 17.9 Å². The molecule has 1 unspecified atom stereocenters. The lowest BCUT2D eigenvalue weighted by Gasteiger charge is -2.23. The predicted octanol–water partition coefficient (Wildman–Crippen LogP) is 1.94. The van der Waals surface area contributed by atoms with Crippen LogP contribution in [0.4, 0.5) is 0 Å². The van der Waals surface area contributed by atoms with Gasteiger partial charge < -0.3 is 14.6 Å². The van der Waals surface area contributed by atoms with Gasteiger partial charge in [0.05, 0.1) is 12.8 Å². The first-order valence-electron chi connectivity index (χ1n) is 6.86. The molecule has 1 aromatic heterocycles. The highest BCUT2D eigenvalue weighted by Crippen LogP contribution is 2.24. The lowest BCUT2D eigenvalue weighted by molar-refractivity contribution is -0.125. The topological polar surface area (TPSA) is 62.6 Å². The van der Waals surface area contributed by atoms with E-state index in [1.165, 1.54) is 0 Å². The van der Waals surface area contributed by atoms with Gasteiger partial charge in [0.15, 0.2) is 0 Å². The Balaban J connectivity index is 1.65. The van der Waals surface area contributed by atoms with Gasteiger partial charge in [-0.2, -0.15) is 0 Å². The van der Waals surface area contributed by atoms with Crippen molar-refractivity contribution in [1.82, 2.24) is 10.2 Å². The monoisotopic (exact) mass is 284 g/mol. The minimum atomic E-state index is -0.514. The molecule has 3 rings (SSSR count). The van der Waals surface area contributed by atoms with Crippen molar-refractivity contribution >= 4 is 11.8 Å². The largest absolute Gasteiger partial charge is 0.467 e. The van der Waals surface area contributed by atoms with Gasteiger partial charge in [-0.3, -0.25) is 9.59 Å². The van der Waals surface area contributed by atoms with Crippen LogP contribution in [0.5, 0.6) is 0 Å². The lowest BCUT2D eigenvalue weighted by atomic mass is 10.1. The number of nitrogens with zero attached hydrogens (tertiary/aromatic N) is 1. The van der Waals surface area contributed by atoms with Crippen molar-refractivity contribution in [2.24, 2.45) is 0 Å². The second kappa shape index (κ2) is 5.44. The van der Waals surface area contributed by atoms with Crippen molar-refractivity contribution in [1.29, 1.82) is 0 Å². The average molecular weight is 284 g/mol. The Hall–Kier alpha value is -2.56. The first kappa shape index (κ1) is 13.4. The quantitative estimate of drug-likeness (QED) is 0.933. The zero-order chi connectivity index (χ0) is 14.8. The highest BCUT2D eigenvalue weighted by Gasteiger charge is 2.33. The molecule has 0 spiro atoms. The second-order valence-electron chi connectivity index (χ2n) is 5.06. The van der Waals surface area contributed by atoms with Crippen molar-refractivity contribution in [2.75, 3.05) is 0 Å². The summed E-state index contributed by atoms with van der Waals surface area (Å²) in [5.41, 5.74) is 1.65. The summed E-state index contributed by atoms with van der Waals surface area (Å²) in [5.74, 6) is 0.408. The number of hydrogen-bond acceptors (Lipinski definition) is 3. The number of carbonyl (C=O) groups is 2. The zero-order valence-electron chi connectivity index (χ0n) is 11.7. The minimum absolute atomic E-state index is 0.0914. The number of rotatable bonds is 4. The molecule has 5 nitrogen and oxygen atoms in total. The molecule has 0 radical (unpaired) electrons. The fourth-order valence-corrected chi connectivity index (χ4v) is 2.47. The van der Waals surface area contributed by atoms with Crippen molar-refractivity contribution < 1.29 is 14.0 Å². The maximum absolute atomic E-state index is 12.3. The molecule has 1 N–H and O–H groups in total. The van der Waals surface area contributed by atoms with Crippen LogP contribution in [0.2, 0.25) is 0 Å². The fourth-order valence-electron chi connectivity index (χ4n) is 2.47. The molecule has 2 aromatic rings. The summed E-state index contributed by atoms with van der Waals surface area (Å²) in [7, 11) is 0. The zero-order valence-corrected chi connectivity index (χ0v) is 11.7. The molecular weight excluding hydrogens is 268 g/mol. The fraction of sp³-hybridized carbons (Fsp3) is 0.250. The molecule has 1 atom stereocenters. The van der Waals surface area contributed by atoms with E-state index < -0.39 is 6.04 Å². The van der Waals surface area contributed by atoms with Gasteiger partial charge in [0.2, 0.25) is 5.91 Å². The van der Waals surface area contributed by atoms with Crippen molar-refractivity contribution in [3.05, 3.63) is 59.5 Å². The first-order valence-corrected chi connectivity index (χ1v) is 6.86. The third-order valence-electron chi connectivity index (χ3n) is 3.71. The number of nitrogens with one attached hydrogen (secondary N) is 1. The van der Waals surface area contributed by atoms with Gasteiger partial charge in [0.25, 0.3) is 5.91 Å². The van der Waals surface area contributed by atoms with E-state index in [0.29, 0.717) is 24.4 Å². The molecule has 1 aliphatic rings. The molecule has 0 aliphatic carbocycles. The lowest BCUT2D eigenvalue weighted by Crippen LogP contribution is -2.44. The van der Waals surface area contributed by atoms with Crippen LogP contribution < -0.4 is 5.32 Å². The second-order valence-corrected chi connectivity index (χ2v) is 5.06. The standard InChI is InChI=1S/C16H16N2O3/c1-11(15(19)17-9-13-6-4-8-21-13)18-10-12-5-2-3-7-14(12)16(18)20/h2-8,11H,9-10H2,1H3,(H,17,19). The highest BCUT2D eigenvalue weighted by molar-refractivity contribution is 6.00.